The summed E-state index contributed by atoms with van der Waals surface area (Å²) >= 11 is 0. The molecule has 0 heterocycles. The minimum absolute atomic E-state index is 0.272. The first kappa shape index (κ1) is 17.2. The third-order valence-electron chi connectivity index (χ3n) is 3.87. The number of rotatable bonds is 5. The summed E-state index contributed by atoms with van der Waals surface area (Å²) in [6.45, 7) is 5.91. The second kappa shape index (κ2) is 7.42. The van der Waals surface area contributed by atoms with Crippen molar-refractivity contribution >= 4 is 5.97 Å². The van der Waals surface area contributed by atoms with E-state index in [4.69, 9.17) is 4.74 Å². The highest BCUT2D eigenvalue weighted by atomic mass is 16.5. The van der Waals surface area contributed by atoms with Crippen LogP contribution < -0.4 is 0 Å². The number of benzene rings is 2. The van der Waals surface area contributed by atoms with Gasteiger partial charge in [0.25, 0.3) is 0 Å². The molecule has 0 fully saturated rings. The van der Waals surface area contributed by atoms with Gasteiger partial charge in [0.1, 0.15) is 6.10 Å². The zero-order valence-corrected chi connectivity index (χ0v) is 13.9. The first-order valence-corrected chi connectivity index (χ1v) is 7.87. The van der Waals surface area contributed by atoms with Gasteiger partial charge in [-0.25, -0.2) is 4.79 Å². The SMILES string of the molecule is CC(C)(C)C(O)CC(OC(=O)c1ccccc1)c1ccccc1. The standard InChI is InChI=1S/C20H24O3/c1-20(2,3)18(21)14-17(15-10-6-4-7-11-15)23-19(22)16-12-8-5-9-13-16/h4-13,17-18,21H,14H2,1-3H3. The molecule has 23 heavy (non-hydrogen) atoms. The highest BCUT2D eigenvalue weighted by Gasteiger charge is 2.28. The Morgan fingerprint density at radius 3 is 2.04 bits per heavy atom. The monoisotopic (exact) mass is 312 g/mol. The van der Waals surface area contributed by atoms with Crippen molar-refractivity contribution in [2.24, 2.45) is 5.41 Å². The topological polar surface area (TPSA) is 46.5 Å². The Balaban J connectivity index is 2.19. The number of carbonyl (C=O) groups is 1. The average molecular weight is 312 g/mol. The van der Waals surface area contributed by atoms with E-state index in [1.165, 1.54) is 0 Å². The number of esters is 1. The fourth-order valence-electron chi connectivity index (χ4n) is 2.25. The Hall–Kier alpha value is -2.13. The van der Waals surface area contributed by atoms with Crippen LogP contribution in [0.5, 0.6) is 0 Å². The van der Waals surface area contributed by atoms with Crippen LogP contribution in [-0.4, -0.2) is 17.2 Å². The molecular weight excluding hydrogens is 288 g/mol. The van der Waals surface area contributed by atoms with Gasteiger partial charge in [0.2, 0.25) is 0 Å². The zero-order chi connectivity index (χ0) is 16.9. The van der Waals surface area contributed by atoms with E-state index in [9.17, 15) is 9.90 Å². The summed E-state index contributed by atoms with van der Waals surface area (Å²) in [6, 6.07) is 18.5. The molecule has 2 rings (SSSR count). The van der Waals surface area contributed by atoms with Crippen LogP contribution in [0.15, 0.2) is 60.7 Å². The highest BCUT2D eigenvalue weighted by molar-refractivity contribution is 5.89. The molecule has 0 aliphatic rings. The van der Waals surface area contributed by atoms with Crippen molar-refractivity contribution in [3.8, 4) is 0 Å². The van der Waals surface area contributed by atoms with E-state index in [1.807, 2.05) is 57.2 Å². The second-order valence-corrected chi connectivity index (χ2v) is 6.79. The van der Waals surface area contributed by atoms with Gasteiger partial charge in [-0.3, -0.25) is 0 Å². The van der Waals surface area contributed by atoms with Crippen molar-refractivity contribution in [3.05, 3.63) is 71.8 Å². The molecule has 0 aliphatic heterocycles. The Kier molecular flexibility index (Phi) is 5.56. The van der Waals surface area contributed by atoms with E-state index in [0.29, 0.717) is 12.0 Å². The lowest BCUT2D eigenvalue weighted by molar-refractivity contribution is -0.0103. The van der Waals surface area contributed by atoms with E-state index >= 15 is 0 Å². The molecule has 0 radical (unpaired) electrons. The highest BCUT2D eigenvalue weighted by Crippen LogP contribution is 2.31. The molecule has 1 N–H and O–H groups in total. The number of hydrogen-bond acceptors (Lipinski definition) is 3. The molecule has 3 heteroatoms. The number of ether oxygens (including phenoxy) is 1. The molecule has 2 aromatic carbocycles. The van der Waals surface area contributed by atoms with E-state index in [1.54, 1.807) is 24.3 Å². The third kappa shape index (κ3) is 4.93. The van der Waals surface area contributed by atoms with Crippen LogP contribution >= 0.6 is 0 Å². The predicted molar refractivity (Wildman–Crippen MR) is 91.1 cm³/mol. The molecule has 122 valence electrons. The smallest absolute Gasteiger partial charge is 0.338 e. The number of aliphatic hydroxyl groups excluding tert-OH is 1. The molecule has 0 amide bonds. The van der Waals surface area contributed by atoms with Crippen LogP contribution in [0.1, 0.15) is 49.2 Å². The summed E-state index contributed by atoms with van der Waals surface area (Å²) in [6.07, 6.45) is -0.680. The van der Waals surface area contributed by atoms with E-state index in [2.05, 4.69) is 0 Å². The molecular formula is C20H24O3. The summed E-state index contributed by atoms with van der Waals surface area (Å²) in [5, 5.41) is 10.4. The van der Waals surface area contributed by atoms with Gasteiger partial charge in [-0.1, -0.05) is 69.3 Å². The molecule has 0 aliphatic carbocycles. The summed E-state index contributed by atoms with van der Waals surface area (Å²) in [4.78, 5) is 12.4. The molecule has 0 saturated carbocycles. The Bertz CT molecular complexity index is 614. The van der Waals surface area contributed by atoms with Crippen LogP contribution in [0.2, 0.25) is 0 Å². The molecule has 0 aromatic heterocycles. The lowest BCUT2D eigenvalue weighted by atomic mass is 9.85. The Labute approximate surface area is 137 Å². The summed E-state index contributed by atoms with van der Waals surface area (Å²) in [7, 11) is 0. The molecule has 2 unspecified atom stereocenters. The number of aliphatic hydroxyl groups is 1. The minimum Gasteiger partial charge on any atom is -0.454 e. The first-order chi connectivity index (χ1) is 10.9. The van der Waals surface area contributed by atoms with Gasteiger partial charge >= 0.3 is 5.97 Å². The van der Waals surface area contributed by atoms with Gasteiger partial charge in [-0.15, -0.1) is 0 Å². The second-order valence-electron chi connectivity index (χ2n) is 6.79. The lowest BCUT2D eigenvalue weighted by Crippen LogP contribution is -2.29. The van der Waals surface area contributed by atoms with E-state index < -0.39 is 12.2 Å². The van der Waals surface area contributed by atoms with Crippen molar-refractivity contribution in [2.45, 2.75) is 39.4 Å². The van der Waals surface area contributed by atoms with Crippen molar-refractivity contribution in [2.75, 3.05) is 0 Å². The van der Waals surface area contributed by atoms with Gasteiger partial charge in [-0.2, -0.15) is 0 Å². The predicted octanol–water partition coefficient (Wildman–Crippen LogP) is 4.38. The van der Waals surface area contributed by atoms with Crippen molar-refractivity contribution in [3.63, 3.8) is 0 Å². The maximum absolute atomic E-state index is 12.4. The van der Waals surface area contributed by atoms with E-state index in [-0.39, 0.29) is 11.4 Å². The van der Waals surface area contributed by atoms with Crippen LogP contribution in [0.3, 0.4) is 0 Å². The summed E-state index contributed by atoms with van der Waals surface area (Å²) in [5.74, 6) is -0.374. The fourth-order valence-corrected chi connectivity index (χ4v) is 2.25. The minimum atomic E-state index is -0.573. The molecule has 2 atom stereocenters. The van der Waals surface area contributed by atoms with Gasteiger partial charge in [0.15, 0.2) is 0 Å². The van der Waals surface area contributed by atoms with Gasteiger partial charge in [0, 0.05) is 6.42 Å². The van der Waals surface area contributed by atoms with Crippen molar-refractivity contribution in [1.29, 1.82) is 0 Å². The molecule has 2 aromatic rings. The van der Waals surface area contributed by atoms with E-state index in [0.717, 1.165) is 5.56 Å². The Morgan fingerprint density at radius 1 is 1.00 bits per heavy atom. The number of hydrogen-bond donors (Lipinski definition) is 1. The van der Waals surface area contributed by atoms with Crippen molar-refractivity contribution in [1.82, 2.24) is 0 Å². The maximum Gasteiger partial charge on any atom is 0.338 e. The largest absolute Gasteiger partial charge is 0.454 e. The normalized spacial score (nSPS) is 14.1. The zero-order valence-electron chi connectivity index (χ0n) is 13.9. The quantitative estimate of drug-likeness (QED) is 0.833. The fraction of sp³-hybridized carbons (Fsp3) is 0.350. The van der Waals surface area contributed by atoms with Gasteiger partial charge < -0.3 is 9.84 Å². The van der Waals surface area contributed by atoms with Crippen LogP contribution in [0.4, 0.5) is 0 Å². The lowest BCUT2D eigenvalue weighted by Gasteiger charge is -2.29. The van der Waals surface area contributed by atoms with Gasteiger partial charge in [-0.05, 0) is 23.1 Å². The summed E-state index contributed by atoms with van der Waals surface area (Å²) < 4.78 is 5.69. The first-order valence-electron chi connectivity index (χ1n) is 7.87. The van der Waals surface area contributed by atoms with Crippen LogP contribution in [0.25, 0.3) is 0 Å². The molecule has 0 bridgehead atoms. The average Bonchev–Trinajstić information content (AvgIpc) is 2.55. The van der Waals surface area contributed by atoms with Crippen LogP contribution in [0, 0.1) is 5.41 Å². The van der Waals surface area contributed by atoms with Gasteiger partial charge in [0.05, 0.1) is 11.7 Å². The number of carbonyl (C=O) groups excluding carboxylic acids is 1. The van der Waals surface area contributed by atoms with Crippen LogP contribution in [-0.2, 0) is 4.74 Å². The molecule has 0 saturated heterocycles. The molecule has 3 nitrogen and oxygen atoms in total. The van der Waals surface area contributed by atoms with Crippen molar-refractivity contribution < 1.29 is 14.6 Å². The Morgan fingerprint density at radius 2 is 1.52 bits per heavy atom. The maximum atomic E-state index is 12.4. The third-order valence-corrected chi connectivity index (χ3v) is 3.87. The summed E-state index contributed by atoms with van der Waals surface area (Å²) in [5.41, 5.74) is 1.13. The molecule has 0 spiro atoms.